The lowest BCUT2D eigenvalue weighted by atomic mass is 10.3. The van der Waals surface area contributed by atoms with Crippen molar-refractivity contribution in [1.82, 2.24) is 0 Å². The first-order chi connectivity index (χ1) is 5.84. The third-order valence-electron chi connectivity index (χ3n) is 1.79. The summed E-state index contributed by atoms with van der Waals surface area (Å²) in [5.41, 5.74) is 0. The highest BCUT2D eigenvalue weighted by atomic mass is 127. The Morgan fingerprint density at radius 3 is 2.08 bits per heavy atom. The molecule has 0 aliphatic heterocycles. The van der Waals surface area contributed by atoms with E-state index in [1.807, 2.05) is 19.6 Å². The van der Waals surface area contributed by atoms with Crippen molar-refractivity contribution in [2.45, 2.75) is 19.6 Å². The van der Waals surface area contributed by atoms with Gasteiger partial charge in [0.1, 0.15) is 0 Å². The molecule has 1 rings (SSSR count). The predicted molar refractivity (Wildman–Crippen MR) is 62.1 cm³/mol. The maximum Gasteiger partial charge on any atom is 0.159 e. The Labute approximate surface area is 91.5 Å². The van der Waals surface area contributed by atoms with E-state index in [1.165, 1.54) is 6.07 Å². The van der Waals surface area contributed by atoms with Crippen LogP contribution in [-0.4, -0.2) is 8.07 Å². The van der Waals surface area contributed by atoms with Crippen LogP contribution in [0, 0.1) is 15.2 Å². The second-order valence-electron chi connectivity index (χ2n) is 3.97. The van der Waals surface area contributed by atoms with Gasteiger partial charge in [-0.25, -0.2) is 8.78 Å². The van der Waals surface area contributed by atoms with Crippen molar-refractivity contribution in [1.29, 1.82) is 0 Å². The molecule has 0 atom stereocenters. The molecule has 0 saturated heterocycles. The fraction of sp³-hybridized carbons (Fsp3) is 0.333. The molecular weight excluding hydrogens is 301 g/mol. The van der Waals surface area contributed by atoms with Gasteiger partial charge in [0.2, 0.25) is 0 Å². The van der Waals surface area contributed by atoms with E-state index in [4.69, 9.17) is 0 Å². The first kappa shape index (κ1) is 11.1. The van der Waals surface area contributed by atoms with Crippen molar-refractivity contribution in [2.24, 2.45) is 0 Å². The van der Waals surface area contributed by atoms with Gasteiger partial charge in [0, 0.05) is 3.57 Å². The third kappa shape index (κ3) is 2.28. The number of rotatable bonds is 1. The lowest BCUT2D eigenvalue weighted by molar-refractivity contribution is 0.513. The Bertz CT molecular complexity index is 331. The minimum Gasteiger partial charge on any atom is -0.204 e. The quantitative estimate of drug-likeness (QED) is 0.425. The number of hydrogen-bond acceptors (Lipinski definition) is 0. The van der Waals surface area contributed by atoms with Crippen molar-refractivity contribution in [3.05, 3.63) is 27.3 Å². The van der Waals surface area contributed by atoms with Crippen LogP contribution in [0.5, 0.6) is 0 Å². The SMILES string of the molecule is C[Si](C)(C)c1c(I)ccc(F)c1F. The van der Waals surface area contributed by atoms with Gasteiger partial charge in [0.05, 0.1) is 8.07 Å². The molecule has 0 saturated carbocycles. The molecule has 0 heterocycles. The smallest absolute Gasteiger partial charge is 0.159 e. The molecule has 13 heavy (non-hydrogen) atoms. The Hall–Kier alpha value is 0.0269. The van der Waals surface area contributed by atoms with Crippen LogP contribution in [0.4, 0.5) is 8.78 Å². The molecule has 0 aliphatic carbocycles. The molecule has 4 heteroatoms. The minimum absolute atomic E-state index is 0.591. The fourth-order valence-corrected chi connectivity index (χ4v) is 5.64. The second kappa shape index (κ2) is 3.65. The van der Waals surface area contributed by atoms with E-state index in [9.17, 15) is 8.78 Å². The topological polar surface area (TPSA) is 0 Å². The van der Waals surface area contributed by atoms with E-state index in [2.05, 4.69) is 22.6 Å². The summed E-state index contributed by atoms with van der Waals surface area (Å²) in [6.45, 7) is 6.02. The van der Waals surface area contributed by atoms with Gasteiger partial charge in [-0.15, -0.1) is 0 Å². The normalized spacial score (nSPS) is 11.8. The van der Waals surface area contributed by atoms with Crippen LogP contribution in [0.25, 0.3) is 0 Å². The zero-order valence-corrected chi connectivity index (χ0v) is 10.9. The number of benzene rings is 1. The van der Waals surface area contributed by atoms with Gasteiger partial charge in [-0.05, 0) is 39.9 Å². The predicted octanol–water partition coefficient (Wildman–Crippen LogP) is 3.11. The van der Waals surface area contributed by atoms with E-state index < -0.39 is 19.7 Å². The maximum atomic E-state index is 13.4. The second-order valence-corrected chi connectivity index (χ2v) is 10.1. The first-order valence-electron chi connectivity index (χ1n) is 3.98. The fourth-order valence-electron chi connectivity index (χ4n) is 1.21. The summed E-state index contributed by atoms with van der Waals surface area (Å²) in [5.74, 6) is -1.40. The lowest BCUT2D eigenvalue weighted by Gasteiger charge is -2.19. The highest BCUT2D eigenvalue weighted by Crippen LogP contribution is 2.14. The van der Waals surface area contributed by atoms with Crippen LogP contribution >= 0.6 is 22.6 Å². The molecule has 0 nitrogen and oxygen atoms in total. The van der Waals surface area contributed by atoms with Gasteiger partial charge in [-0.2, -0.15) is 0 Å². The van der Waals surface area contributed by atoms with Crippen molar-refractivity contribution in [3.63, 3.8) is 0 Å². The molecule has 1 aromatic rings. The van der Waals surface area contributed by atoms with Gasteiger partial charge >= 0.3 is 0 Å². The van der Waals surface area contributed by atoms with Gasteiger partial charge in [-0.3, -0.25) is 0 Å². The molecule has 72 valence electrons. The molecule has 0 aromatic heterocycles. The number of hydrogen-bond donors (Lipinski definition) is 0. The van der Waals surface area contributed by atoms with Gasteiger partial charge in [0.25, 0.3) is 0 Å². The summed E-state index contributed by atoms with van der Waals surface area (Å²) in [4.78, 5) is 0. The summed E-state index contributed by atoms with van der Waals surface area (Å²) in [7, 11) is -1.78. The van der Waals surface area contributed by atoms with Crippen LogP contribution in [0.3, 0.4) is 0 Å². The van der Waals surface area contributed by atoms with Crippen molar-refractivity contribution >= 4 is 35.9 Å². The molecule has 0 spiro atoms. The first-order valence-corrected chi connectivity index (χ1v) is 8.56. The molecule has 0 radical (unpaired) electrons. The molecule has 0 bridgehead atoms. The van der Waals surface area contributed by atoms with E-state index in [0.717, 1.165) is 3.57 Å². The van der Waals surface area contributed by atoms with Crippen LogP contribution in [0.1, 0.15) is 0 Å². The summed E-state index contributed by atoms with van der Waals surface area (Å²) < 4.78 is 27.2. The molecule has 0 N–H and O–H groups in total. The Morgan fingerprint density at radius 2 is 1.69 bits per heavy atom. The lowest BCUT2D eigenvalue weighted by Crippen LogP contribution is -2.42. The minimum atomic E-state index is -1.78. The van der Waals surface area contributed by atoms with Crippen LogP contribution in [-0.2, 0) is 0 Å². The van der Waals surface area contributed by atoms with Gasteiger partial charge < -0.3 is 0 Å². The van der Waals surface area contributed by atoms with Gasteiger partial charge in [0.15, 0.2) is 11.6 Å². The number of halogens is 3. The zero-order chi connectivity index (χ0) is 10.2. The summed E-state index contributed by atoms with van der Waals surface area (Å²) in [6.07, 6.45) is 0. The van der Waals surface area contributed by atoms with E-state index in [0.29, 0.717) is 5.19 Å². The standard InChI is InChI=1S/C9H11F2ISi/c1-13(2,3)9-7(12)5-4-6(10)8(9)11/h4-5H,1-3H3. The maximum absolute atomic E-state index is 13.4. The zero-order valence-electron chi connectivity index (χ0n) is 7.79. The Balaban J connectivity index is 3.43. The van der Waals surface area contributed by atoms with E-state index in [1.54, 1.807) is 6.07 Å². The molecule has 0 aliphatic rings. The van der Waals surface area contributed by atoms with Crippen LogP contribution < -0.4 is 5.19 Å². The summed E-state index contributed by atoms with van der Waals surface area (Å²) in [6, 6.07) is 2.81. The van der Waals surface area contributed by atoms with Crippen molar-refractivity contribution < 1.29 is 8.78 Å². The molecular formula is C9H11F2ISi. The average Bonchev–Trinajstić information content (AvgIpc) is 1.95. The molecule has 1 aromatic carbocycles. The monoisotopic (exact) mass is 312 g/mol. The Kier molecular flexibility index (Phi) is 3.11. The largest absolute Gasteiger partial charge is 0.204 e. The summed E-state index contributed by atoms with van der Waals surface area (Å²) in [5, 5.41) is 0.591. The third-order valence-corrected chi connectivity index (χ3v) is 5.19. The van der Waals surface area contributed by atoms with Crippen molar-refractivity contribution in [3.8, 4) is 0 Å². The highest BCUT2D eigenvalue weighted by molar-refractivity contribution is 14.1. The van der Waals surface area contributed by atoms with Crippen LogP contribution in [0.2, 0.25) is 19.6 Å². The Morgan fingerprint density at radius 1 is 1.15 bits per heavy atom. The van der Waals surface area contributed by atoms with E-state index in [-0.39, 0.29) is 0 Å². The molecule has 0 fully saturated rings. The molecule has 0 unspecified atom stereocenters. The van der Waals surface area contributed by atoms with Crippen molar-refractivity contribution in [2.75, 3.05) is 0 Å². The average molecular weight is 312 g/mol. The molecule has 0 amide bonds. The van der Waals surface area contributed by atoms with E-state index >= 15 is 0 Å². The van der Waals surface area contributed by atoms with Gasteiger partial charge in [-0.1, -0.05) is 19.6 Å². The summed E-state index contributed by atoms with van der Waals surface area (Å²) >= 11 is 2.06. The van der Waals surface area contributed by atoms with Crippen LogP contribution in [0.15, 0.2) is 12.1 Å². The highest BCUT2D eigenvalue weighted by Gasteiger charge is 2.25.